The first-order valence-electron chi connectivity index (χ1n) is 10.1. The second-order valence-corrected chi connectivity index (χ2v) is 7.81. The first kappa shape index (κ1) is 17.9. The Morgan fingerprint density at radius 3 is 2.41 bits per heavy atom. The molecule has 2 heterocycles. The van der Waals surface area contributed by atoms with Gasteiger partial charge in [-0.1, -0.05) is 31.0 Å². The number of rotatable bonds is 4. The van der Waals surface area contributed by atoms with Crippen LogP contribution < -0.4 is 4.74 Å². The van der Waals surface area contributed by atoms with Crippen molar-refractivity contribution in [1.82, 2.24) is 4.90 Å². The topological polar surface area (TPSA) is 76.8 Å². The number of amides is 2. The number of benzene rings is 2. The number of likely N-dealkylation sites (tertiary alicyclic amines) is 1. The summed E-state index contributed by atoms with van der Waals surface area (Å²) in [6.45, 7) is 0.0837. The third kappa shape index (κ3) is 3.09. The van der Waals surface area contributed by atoms with Crippen LogP contribution in [0.1, 0.15) is 32.1 Å². The standard InChI is InChI=1S/C23H21NO5/c25-21(11-12-24-22(26)16-6-1-2-7-17(16)23(24)27)28-14-9-10-20-18(13-14)15-5-3-4-8-19(15)29-20/h3-5,8-10,13,16-17H,1-2,6-7,11-12H2/t16-,17-/m0/s1. The molecule has 0 bridgehead atoms. The second kappa shape index (κ2) is 7.03. The minimum atomic E-state index is -0.465. The molecule has 2 aromatic carbocycles. The zero-order valence-electron chi connectivity index (χ0n) is 15.9. The third-order valence-electron chi connectivity index (χ3n) is 6.05. The lowest BCUT2D eigenvalue weighted by Crippen LogP contribution is -2.33. The van der Waals surface area contributed by atoms with E-state index in [1.165, 1.54) is 4.90 Å². The number of ether oxygens (including phenoxy) is 1. The molecule has 2 atom stereocenters. The number of fused-ring (bicyclic) bond motifs is 4. The Bertz CT molecular complexity index is 1110. The number of hydrogen-bond donors (Lipinski definition) is 0. The molecule has 0 spiro atoms. The smallest absolute Gasteiger partial charge is 0.312 e. The van der Waals surface area contributed by atoms with Gasteiger partial charge in [-0.25, -0.2) is 0 Å². The van der Waals surface area contributed by atoms with Crippen molar-refractivity contribution in [3.63, 3.8) is 0 Å². The van der Waals surface area contributed by atoms with Gasteiger partial charge in [0, 0.05) is 17.3 Å². The van der Waals surface area contributed by atoms with Gasteiger partial charge < -0.3 is 9.15 Å². The van der Waals surface area contributed by atoms with Crippen LogP contribution in [0.3, 0.4) is 0 Å². The minimum Gasteiger partial charge on any atom is -0.456 e. The van der Waals surface area contributed by atoms with E-state index in [2.05, 4.69) is 0 Å². The molecule has 1 saturated heterocycles. The molecule has 3 aromatic rings. The van der Waals surface area contributed by atoms with Gasteiger partial charge in [-0.15, -0.1) is 0 Å². The summed E-state index contributed by atoms with van der Waals surface area (Å²) in [5.41, 5.74) is 1.50. The van der Waals surface area contributed by atoms with Crippen molar-refractivity contribution < 1.29 is 23.5 Å². The van der Waals surface area contributed by atoms with Crippen molar-refractivity contribution in [3.05, 3.63) is 42.5 Å². The Labute approximate surface area is 167 Å². The predicted molar refractivity (Wildman–Crippen MR) is 106 cm³/mol. The molecule has 6 nitrogen and oxygen atoms in total. The maximum Gasteiger partial charge on any atom is 0.312 e. The number of para-hydroxylation sites is 1. The van der Waals surface area contributed by atoms with Crippen molar-refractivity contribution in [2.75, 3.05) is 6.54 Å². The highest BCUT2D eigenvalue weighted by molar-refractivity contribution is 6.06. The van der Waals surface area contributed by atoms with Crippen molar-refractivity contribution in [2.24, 2.45) is 11.8 Å². The summed E-state index contributed by atoms with van der Waals surface area (Å²) in [6.07, 6.45) is 3.51. The maximum absolute atomic E-state index is 12.5. The van der Waals surface area contributed by atoms with Gasteiger partial charge in [0.1, 0.15) is 16.9 Å². The van der Waals surface area contributed by atoms with Crippen LogP contribution in [0.2, 0.25) is 0 Å². The molecule has 2 aliphatic rings. The Morgan fingerprint density at radius 2 is 1.66 bits per heavy atom. The molecule has 6 heteroatoms. The highest BCUT2D eigenvalue weighted by Gasteiger charge is 2.47. The molecule has 1 aliphatic heterocycles. The number of furan rings is 1. The fourth-order valence-corrected chi connectivity index (χ4v) is 4.61. The molecular formula is C23H21NO5. The molecular weight excluding hydrogens is 370 g/mol. The number of nitrogens with zero attached hydrogens (tertiary/aromatic N) is 1. The van der Waals surface area contributed by atoms with E-state index < -0.39 is 5.97 Å². The molecule has 0 N–H and O–H groups in total. The molecule has 29 heavy (non-hydrogen) atoms. The number of hydrogen-bond acceptors (Lipinski definition) is 5. The normalized spacial score (nSPS) is 21.7. The number of carbonyl (C=O) groups excluding carboxylic acids is 3. The van der Waals surface area contributed by atoms with Crippen molar-refractivity contribution >= 4 is 39.7 Å². The van der Waals surface area contributed by atoms with Crippen molar-refractivity contribution in [2.45, 2.75) is 32.1 Å². The number of carbonyl (C=O) groups is 3. The van der Waals surface area contributed by atoms with Gasteiger partial charge in [-0.2, -0.15) is 0 Å². The molecule has 2 amide bonds. The lowest BCUT2D eigenvalue weighted by atomic mass is 9.81. The molecule has 1 aromatic heterocycles. The third-order valence-corrected chi connectivity index (χ3v) is 6.05. The van der Waals surface area contributed by atoms with Crippen LogP contribution in [0.15, 0.2) is 46.9 Å². The average molecular weight is 391 g/mol. The van der Waals surface area contributed by atoms with Crippen LogP contribution in [0.5, 0.6) is 5.75 Å². The largest absolute Gasteiger partial charge is 0.456 e. The summed E-state index contributed by atoms with van der Waals surface area (Å²) in [7, 11) is 0. The summed E-state index contributed by atoms with van der Waals surface area (Å²) in [5, 5.41) is 1.83. The van der Waals surface area contributed by atoms with Gasteiger partial charge in [-0.05, 0) is 37.1 Å². The van der Waals surface area contributed by atoms with Gasteiger partial charge in [0.2, 0.25) is 11.8 Å². The molecule has 5 rings (SSSR count). The van der Waals surface area contributed by atoms with Crippen LogP contribution in [-0.4, -0.2) is 29.2 Å². The molecule has 2 fully saturated rings. The van der Waals surface area contributed by atoms with Gasteiger partial charge >= 0.3 is 5.97 Å². The number of imide groups is 1. The van der Waals surface area contributed by atoms with E-state index in [1.54, 1.807) is 18.2 Å². The quantitative estimate of drug-likeness (QED) is 0.381. The van der Waals surface area contributed by atoms with Gasteiger partial charge in [-0.3, -0.25) is 19.3 Å². The zero-order valence-corrected chi connectivity index (χ0v) is 15.9. The van der Waals surface area contributed by atoms with E-state index in [1.807, 2.05) is 24.3 Å². The van der Waals surface area contributed by atoms with Gasteiger partial charge in [0.15, 0.2) is 0 Å². The van der Waals surface area contributed by atoms with E-state index in [-0.39, 0.29) is 36.6 Å². The fourth-order valence-electron chi connectivity index (χ4n) is 4.61. The van der Waals surface area contributed by atoms with E-state index in [0.29, 0.717) is 5.75 Å². The summed E-state index contributed by atoms with van der Waals surface area (Å²) in [4.78, 5) is 38.6. The first-order chi connectivity index (χ1) is 14.1. The number of esters is 1. The summed E-state index contributed by atoms with van der Waals surface area (Å²) < 4.78 is 11.2. The van der Waals surface area contributed by atoms with Crippen molar-refractivity contribution in [3.8, 4) is 5.75 Å². The summed E-state index contributed by atoms with van der Waals surface area (Å²) >= 11 is 0. The Kier molecular flexibility index (Phi) is 4.34. The first-order valence-corrected chi connectivity index (χ1v) is 10.1. The Balaban J connectivity index is 1.27. The maximum atomic E-state index is 12.5. The molecule has 0 unspecified atom stereocenters. The lowest BCUT2D eigenvalue weighted by molar-refractivity contribution is -0.141. The summed E-state index contributed by atoms with van der Waals surface area (Å²) in [5.74, 6) is -0.680. The van der Waals surface area contributed by atoms with Crippen LogP contribution in [-0.2, 0) is 14.4 Å². The molecule has 1 aliphatic carbocycles. The zero-order chi connectivity index (χ0) is 20.0. The Hall–Kier alpha value is -3.15. The van der Waals surface area contributed by atoms with Gasteiger partial charge in [0.05, 0.1) is 18.3 Å². The van der Waals surface area contributed by atoms with Gasteiger partial charge in [0.25, 0.3) is 0 Å². The second-order valence-electron chi connectivity index (χ2n) is 7.81. The highest BCUT2D eigenvalue weighted by atomic mass is 16.5. The molecule has 1 saturated carbocycles. The van der Waals surface area contributed by atoms with E-state index in [0.717, 1.165) is 47.6 Å². The predicted octanol–water partition coefficient (Wildman–Crippen LogP) is 4.06. The molecule has 148 valence electrons. The SMILES string of the molecule is O=C(CCN1C(=O)[C@H]2CCCC[C@@H]2C1=O)Oc1ccc2oc3ccccc3c2c1. The average Bonchev–Trinajstić information content (AvgIpc) is 3.22. The Morgan fingerprint density at radius 1 is 0.966 bits per heavy atom. The minimum absolute atomic E-state index is 0.0128. The monoisotopic (exact) mass is 391 g/mol. The van der Waals surface area contributed by atoms with E-state index in [9.17, 15) is 14.4 Å². The fraction of sp³-hybridized carbons (Fsp3) is 0.348. The van der Waals surface area contributed by atoms with E-state index >= 15 is 0 Å². The summed E-state index contributed by atoms with van der Waals surface area (Å²) in [6, 6.07) is 12.9. The van der Waals surface area contributed by atoms with Crippen LogP contribution >= 0.6 is 0 Å². The van der Waals surface area contributed by atoms with Crippen LogP contribution in [0.25, 0.3) is 21.9 Å². The van der Waals surface area contributed by atoms with E-state index in [4.69, 9.17) is 9.15 Å². The van der Waals surface area contributed by atoms with Crippen LogP contribution in [0, 0.1) is 11.8 Å². The van der Waals surface area contributed by atoms with Crippen LogP contribution in [0.4, 0.5) is 0 Å². The highest BCUT2D eigenvalue weighted by Crippen LogP contribution is 2.38. The molecule has 0 radical (unpaired) electrons. The van der Waals surface area contributed by atoms with Crippen molar-refractivity contribution in [1.29, 1.82) is 0 Å². The lowest BCUT2D eigenvalue weighted by Gasteiger charge is -2.19.